The fourth-order valence-corrected chi connectivity index (χ4v) is 1.81. The Kier molecular flexibility index (Phi) is 4.54. The lowest BCUT2D eigenvalue weighted by Gasteiger charge is -2.23. The Morgan fingerprint density at radius 2 is 2.06 bits per heavy atom. The number of amides is 1. The zero-order valence-electron chi connectivity index (χ0n) is 10.7. The van der Waals surface area contributed by atoms with E-state index in [9.17, 15) is 4.79 Å². The highest BCUT2D eigenvalue weighted by Gasteiger charge is 2.26. The lowest BCUT2D eigenvalue weighted by Crippen LogP contribution is -2.38. The van der Waals surface area contributed by atoms with Crippen LogP contribution in [0.2, 0.25) is 5.02 Å². The van der Waals surface area contributed by atoms with Gasteiger partial charge in [-0.15, -0.1) is 0 Å². The molecule has 94 valence electrons. The lowest BCUT2D eigenvalue weighted by atomic mass is 9.92. The molecule has 4 heteroatoms. The Balaban J connectivity index is 2.81. The third-order valence-electron chi connectivity index (χ3n) is 2.67. The number of aryl methyl sites for hydroxylation is 1. The van der Waals surface area contributed by atoms with E-state index in [4.69, 9.17) is 11.6 Å². The molecule has 1 amide bonds. The molecule has 0 unspecified atom stereocenters. The number of halogens is 1. The van der Waals surface area contributed by atoms with Crippen LogP contribution in [-0.2, 0) is 4.79 Å². The predicted molar refractivity (Wildman–Crippen MR) is 72.5 cm³/mol. The summed E-state index contributed by atoms with van der Waals surface area (Å²) in [5, 5.41) is 6.62. The van der Waals surface area contributed by atoms with Crippen molar-refractivity contribution in [2.45, 2.75) is 20.8 Å². The third-order valence-corrected chi connectivity index (χ3v) is 2.91. The van der Waals surface area contributed by atoms with Crippen LogP contribution in [0.25, 0.3) is 0 Å². The average molecular weight is 255 g/mol. The van der Waals surface area contributed by atoms with Gasteiger partial charge in [-0.3, -0.25) is 4.79 Å². The molecule has 1 aromatic rings. The van der Waals surface area contributed by atoms with E-state index in [1.54, 1.807) is 6.07 Å². The highest BCUT2D eigenvalue weighted by Crippen LogP contribution is 2.22. The first-order valence-electron chi connectivity index (χ1n) is 5.59. The number of hydrogen-bond donors (Lipinski definition) is 2. The van der Waals surface area contributed by atoms with Gasteiger partial charge in [-0.2, -0.15) is 0 Å². The molecule has 0 fully saturated rings. The molecule has 0 atom stereocenters. The van der Waals surface area contributed by atoms with E-state index in [-0.39, 0.29) is 5.91 Å². The topological polar surface area (TPSA) is 41.1 Å². The minimum Gasteiger partial charge on any atom is -0.325 e. The Morgan fingerprint density at radius 1 is 1.41 bits per heavy atom. The van der Waals surface area contributed by atoms with Crippen LogP contribution in [-0.4, -0.2) is 19.5 Å². The number of carbonyl (C=O) groups is 1. The zero-order valence-corrected chi connectivity index (χ0v) is 11.5. The van der Waals surface area contributed by atoms with Gasteiger partial charge >= 0.3 is 0 Å². The van der Waals surface area contributed by atoms with Crippen molar-refractivity contribution in [3.8, 4) is 0 Å². The predicted octanol–water partition coefficient (Wildman–Crippen LogP) is 2.83. The van der Waals surface area contributed by atoms with Crippen LogP contribution in [0.4, 0.5) is 5.69 Å². The van der Waals surface area contributed by atoms with Crippen molar-refractivity contribution in [3.05, 3.63) is 28.8 Å². The Labute approximate surface area is 108 Å². The van der Waals surface area contributed by atoms with Crippen molar-refractivity contribution in [3.63, 3.8) is 0 Å². The summed E-state index contributed by atoms with van der Waals surface area (Å²) >= 11 is 5.87. The Hall–Kier alpha value is -1.06. The number of anilines is 1. The van der Waals surface area contributed by atoms with Gasteiger partial charge in [0.05, 0.1) is 5.41 Å². The maximum absolute atomic E-state index is 12.1. The number of rotatable bonds is 4. The highest BCUT2D eigenvalue weighted by molar-refractivity contribution is 6.30. The maximum Gasteiger partial charge on any atom is 0.231 e. The molecular formula is C13H19ClN2O. The second kappa shape index (κ2) is 5.52. The fraction of sp³-hybridized carbons (Fsp3) is 0.462. The summed E-state index contributed by atoms with van der Waals surface area (Å²) in [5.41, 5.74) is 1.33. The van der Waals surface area contributed by atoms with Crippen molar-refractivity contribution in [1.82, 2.24) is 5.32 Å². The summed E-state index contributed by atoms with van der Waals surface area (Å²) < 4.78 is 0. The highest BCUT2D eigenvalue weighted by atomic mass is 35.5. The molecule has 0 radical (unpaired) electrons. The van der Waals surface area contributed by atoms with E-state index in [2.05, 4.69) is 10.6 Å². The van der Waals surface area contributed by atoms with Gasteiger partial charge in [0.25, 0.3) is 0 Å². The second-order valence-corrected chi connectivity index (χ2v) is 5.26. The minimum absolute atomic E-state index is 0.00253. The van der Waals surface area contributed by atoms with Crippen molar-refractivity contribution in [2.75, 3.05) is 18.9 Å². The zero-order chi connectivity index (χ0) is 13.1. The summed E-state index contributed by atoms with van der Waals surface area (Å²) in [6.07, 6.45) is 0. The average Bonchev–Trinajstić information content (AvgIpc) is 2.22. The summed E-state index contributed by atoms with van der Waals surface area (Å²) in [5.74, 6) is -0.00253. The summed E-state index contributed by atoms with van der Waals surface area (Å²) in [4.78, 5) is 12.1. The van der Waals surface area contributed by atoms with Gasteiger partial charge in [-0.05, 0) is 51.6 Å². The minimum atomic E-state index is -0.444. The normalized spacial score (nSPS) is 11.4. The number of hydrogen-bond acceptors (Lipinski definition) is 2. The Bertz CT molecular complexity index is 416. The standard InChI is InChI=1S/C13H19ClN2O/c1-9-7-10(14)5-6-11(9)16-12(17)13(2,3)8-15-4/h5-7,15H,8H2,1-4H3,(H,16,17). The molecule has 0 saturated carbocycles. The SMILES string of the molecule is CNCC(C)(C)C(=O)Nc1ccc(Cl)cc1C. The molecule has 0 aromatic heterocycles. The van der Waals surface area contributed by atoms with Gasteiger partial charge in [0.1, 0.15) is 0 Å². The number of benzene rings is 1. The van der Waals surface area contributed by atoms with Gasteiger partial charge in [0.15, 0.2) is 0 Å². The lowest BCUT2D eigenvalue weighted by molar-refractivity contribution is -0.123. The molecule has 1 aromatic carbocycles. The quantitative estimate of drug-likeness (QED) is 0.868. The van der Waals surface area contributed by atoms with Crippen LogP contribution in [0.5, 0.6) is 0 Å². The van der Waals surface area contributed by atoms with E-state index in [0.717, 1.165) is 11.3 Å². The van der Waals surface area contributed by atoms with Crippen LogP contribution in [0.3, 0.4) is 0 Å². The van der Waals surface area contributed by atoms with Gasteiger partial charge in [0.2, 0.25) is 5.91 Å². The van der Waals surface area contributed by atoms with E-state index >= 15 is 0 Å². The molecule has 1 rings (SSSR count). The molecule has 2 N–H and O–H groups in total. The molecule has 0 saturated heterocycles. The smallest absolute Gasteiger partial charge is 0.231 e. The van der Waals surface area contributed by atoms with Gasteiger partial charge in [-0.1, -0.05) is 11.6 Å². The summed E-state index contributed by atoms with van der Waals surface area (Å²) in [6, 6.07) is 5.43. The first kappa shape index (κ1) is 14.0. The van der Waals surface area contributed by atoms with E-state index < -0.39 is 5.41 Å². The molecule has 3 nitrogen and oxygen atoms in total. The summed E-state index contributed by atoms with van der Waals surface area (Å²) in [6.45, 7) is 6.37. The van der Waals surface area contributed by atoms with E-state index in [1.165, 1.54) is 0 Å². The van der Waals surface area contributed by atoms with E-state index in [0.29, 0.717) is 11.6 Å². The maximum atomic E-state index is 12.1. The molecule has 17 heavy (non-hydrogen) atoms. The Morgan fingerprint density at radius 3 is 2.59 bits per heavy atom. The molecule has 0 aliphatic carbocycles. The molecule has 0 aliphatic heterocycles. The van der Waals surface area contributed by atoms with Crippen LogP contribution in [0.1, 0.15) is 19.4 Å². The van der Waals surface area contributed by atoms with Gasteiger partial charge in [-0.25, -0.2) is 0 Å². The van der Waals surface area contributed by atoms with Gasteiger partial charge in [0, 0.05) is 17.3 Å². The molecule has 0 heterocycles. The first-order valence-corrected chi connectivity index (χ1v) is 5.97. The molecule has 0 aliphatic rings. The van der Waals surface area contributed by atoms with Gasteiger partial charge < -0.3 is 10.6 Å². The van der Waals surface area contributed by atoms with Crippen LogP contribution in [0.15, 0.2) is 18.2 Å². The van der Waals surface area contributed by atoms with E-state index in [1.807, 2.05) is 40.0 Å². The molecule has 0 spiro atoms. The largest absolute Gasteiger partial charge is 0.325 e. The number of nitrogens with one attached hydrogen (secondary N) is 2. The number of carbonyl (C=O) groups excluding carboxylic acids is 1. The van der Waals surface area contributed by atoms with Crippen LogP contribution >= 0.6 is 11.6 Å². The molecule has 0 bridgehead atoms. The van der Waals surface area contributed by atoms with Crippen LogP contribution < -0.4 is 10.6 Å². The first-order chi connectivity index (χ1) is 7.86. The third kappa shape index (κ3) is 3.72. The van der Waals surface area contributed by atoms with Crippen molar-refractivity contribution < 1.29 is 4.79 Å². The van der Waals surface area contributed by atoms with Crippen molar-refractivity contribution in [2.24, 2.45) is 5.41 Å². The van der Waals surface area contributed by atoms with Crippen molar-refractivity contribution >= 4 is 23.2 Å². The monoisotopic (exact) mass is 254 g/mol. The molecular weight excluding hydrogens is 236 g/mol. The van der Waals surface area contributed by atoms with Crippen molar-refractivity contribution in [1.29, 1.82) is 0 Å². The fourth-order valence-electron chi connectivity index (χ4n) is 1.58. The second-order valence-electron chi connectivity index (χ2n) is 4.83. The summed E-state index contributed by atoms with van der Waals surface area (Å²) in [7, 11) is 1.84. The van der Waals surface area contributed by atoms with Crippen LogP contribution in [0, 0.1) is 12.3 Å².